The van der Waals surface area contributed by atoms with E-state index in [4.69, 9.17) is 16.3 Å². The predicted octanol–water partition coefficient (Wildman–Crippen LogP) is 5.66. The minimum atomic E-state index is -0.621. The number of benzene rings is 3. The molecule has 0 spiro atoms. The molecule has 1 atom stereocenters. The Kier molecular flexibility index (Phi) is 10.2. The molecule has 0 aliphatic carbocycles. The number of nitrogens with one attached hydrogen (secondary N) is 1. The summed E-state index contributed by atoms with van der Waals surface area (Å²) >= 11 is 5.92. The number of carbonyl (C=O) groups is 2. The first-order valence-corrected chi connectivity index (χ1v) is 12.4. The molecule has 0 saturated carbocycles. The Bertz CT molecular complexity index is 1060. The summed E-state index contributed by atoms with van der Waals surface area (Å²) in [6, 6.07) is 26.1. The molecule has 0 radical (unpaired) electrons. The SMILES string of the molecule is CC(C)NC(=O)[C@@H](Cc1ccccc1)N(Cc1ccccc1)C(=O)CCCOc1ccc(Cl)cc1. The van der Waals surface area contributed by atoms with E-state index in [1.807, 2.05) is 74.5 Å². The molecule has 0 unspecified atom stereocenters. The third-order valence-corrected chi connectivity index (χ3v) is 5.77. The Morgan fingerprint density at radius 3 is 2.09 bits per heavy atom. The number of hydrogen-bond acceptors (Lipinski definition) is 3. The van der Waals surface area contributed by atoms with Crippen molar-refractivity contribution in [1.29, 1.82) is 0 Å². The van der Waals surface area contributed by atoms with E-state index in [2.05, 4.69) is 5.32 Å². The fourth-order valence-electron chi connectivity index (χ4n) is 3.80. The van der Waals surface area contributed by atoms with Gasteiger partial charge in [0.1, 0.15) is 11.8 Å². The van der Waals surface area contributed by atoms with Crippen molar-refractivity contribution < 1.29 is 14.3 Å². The molecule has 1 N–H and O–H groups in total. The molecule has 0 bridgehead atoms. The van der Waals surface area contributed by atoms with Gasteiger partial charge in [-0.3, -0.25) is 9.59 Å². The van der Waals surface area contributed by atoms with E-state index >= 15 is 0 Å². The molecule has 0 aromatic heterocycles. The van der Waals surface area contributed by atoms with Crippen LogP contribution in [0.15, 0.2) is 84.9 Å². The van der Waals surface area contributed by atoms with Gasteiger partial charge in [0.25, 0.3) is 0 Å². The zero-order chi connectivity index (χ0) is 25.0. The van der Waals surface area contributed by atoms with Crippen molar-refractivity contribution in [3.05, 3.63) is 101 Å². The van der Waals surface area contributed by atoms with Gasteiger partial charge in [0.2, 0.25) is 11.8 Å². The molecule has 0 heterocycles. The summed E-state index contributed by atoms with van der Waals surface area (Å²) in [7, 11) is 0. The lowest BCUT2D eigenvalue weighted by molar-refractivity contribution is -0.141. The second kappa shape index (κ2) is 13.5. The van der Waals surface area contributed by atoms with E-state index in [1.54, 1.807) is 29.2 Å². The summed E-state index contributed by atoms with van der Waals surface area (Å²) in [6.07, 6.45) is 1.26. The number of rotatable bonds is 12. The summed E-state index contributed by atoms with van der Waals surface area (Å²) in [4.78, 5) is 28.5. The van der Waals surface area contributed by atoms with Crippen LogP contribution in [0.1, 0.15) is 37.8 Å². The highest BCUT2D eigenvalue weighted by Crippen LogP contribution is 2.18. The maximum atomic E-state index is 13.5. The minimum absolute atomic E-state index is 0.0257. The topological polar surface area (TPSA) is 58.6 Å². The third-order valence-electron chi connectivity index (χ3n) is 5.52. The van der Waals surface area contributed by atoms with Crippen molar-refractivity contribution in [3.8, 4) is 5.75 Å². The standard InChI is InChI=1S/C29H33ClN2O3/c1-22(2)31-29(34)27(20-23-10-5-3-6-11-23)32(21-24-12-7-4-8-13-24)28(33)14-9-19-35-26-17-15-25(30)16-18-26/h3-8,10-13,15-18,22,27H,9,14,19-21H2,1-2H3,(H,31,34)/t27-/m1/s1. The molecule has 5 nitrogen and oxygen atoms in total. The van der Waals surface area contributed by atoms with E-state index in [0.717, 1.165) is 11.1 Å². The van der Waals surface area contributed by atoms with E-state index in [0.29, 0.717) is 36.8 Å². The quantitative estimate of drug-likeness (QED) is 0.332. The van der Waals surface area contributed by atoms with Crippen molar-refractivity contribution >= 4 is 23.4 Å². The van der Waals surface area contributed by atoms with Crippen molar-refractivity contribution in [2.45, 2.75) is 51.7 Å². The molecule has 184 valence electrons. The smallest absolute Gasteiger partial charge is 0.243 e. The molecule has 35 heavy (non-hydrogen) atoms. The van der Waals surface area contributed by atoms with Crippen LogP contribution in [0.25, 0.3) is 0 Å². The summed E-state index contributed by atoms with van der Waals surface area (Å²) in [5.74, 6) is 0.486. The van der Waals surface area contributed by atoms with Gasteiger partial charge in [-0.1, -0.05) is 72.3 Å². The fraction of sp³-hybridized carbons (Fsp3) is 0.310. The highest BCUT2D eigenvalue weighted by Gasteiger charge is 2.30. The van der Waals surface area contributed by atoms with Crippen LogP contribution in [0.4, 0.5) is 0 Å². The first-order chi connectivity index (χ1) is 16.9. The van der Waals surface area contributed by atoms with Crippen LogP contribution in [-0.4, -0.2) is 35.4 Å². The second-order valence-electron chi connectivity index (χ2n) is 8.78. The summed E-state index contributed by atoms with van der Waals surface area (Å²) in [5.41, 5.74) is 1.99. The van der Waals surface area contributed by atoms with Gasteiger partial charge in [-0.2, -0.15) is 0 Å². The van der Waals surface area contributed by atoms with E-state index in [9.17, 15) is 9.59 Å². The average Bonchev–Trinajstić information content (AvgIpc) is 2.85. The van der Waals surface area contributed by atoms with Gasteiger partial charge >= 0.3 is 0 Å². The summed E-state index contributed by atoms with van der Waals surface area (Å²) in [5, 5.41) is 3.66. The molecule has 3 aromatic rings. The van der Waals surface area contributed by atoms with Crippen LogP contribution in [0.3, 0.4) is 0 Å². The van der Waals surface area contributed by atoms with E-state index < -0.39 is 6.04 Å². The highest BCUT2D eigenvalue weighted by molar-refractivity contribution is 6.30. The number of ether oxygens (including phenoxy) is 1. The Labute approximate surface area is 213 Å². The fourth-order valence-corrected chi connectivity index (χ4v) is 3.93. The van der Waals surface area contributed by atoms with E-state index in [-0.39, 0.29) is 24.3 Å². The number of carbonyl (C=O) groups excluding carboxylic acids is 2. The molecule has 6 heteroatoms. The molecule has 0 fully saturated rings. The van der Waals surface area contributed by atoms with Crippen LogP contribution >= 0.6 is 11.6 Å². The molecule has 0 saturated heterocycles. The highest BCUT2D eigenvalue weighted by atomic mass is 35.5. The minimum Gasteiger partial charge on any atom is -0.494 e. The summed E-state index contributed by atoms with van der Waals surface area (Å²) in [6.45, 7) is 4.61. The lowest BCUT2D eigenvalue weighted by Gasteiger charge is -2.32. The van der Waals surface area contributed by atoms with Gasteiger partial charge in [-0.05, 0) is 55.7 Å². The molecular formula is C29H33ClN2O3. The first kappa shape index (κ1) is 26.3. The van der Waals surface area contributed by atoms with Gasteiger partial charge in [-0.25, -0.2) is 0 Å². The number of nitrogens with zero attached hydrogens (tertiary/aromatic N) is 1. The maximum absolute atomic E-state index is 13.5. The Hall–Kier alpha value is -3.31. The Morgan fingerprint density at radius 1 is 0.886 bits per heavy atom. The van der Waals surface area contributed by atoms with Crippen molar-refractivity contribution in [2.24, 2.45) is 0 Å². The van der Waals surface area contributed by atoms with Crippen LogP contribution in [0, 0.1) is 0 Å². The van der Waals surface area contributed by atoms with Gasteiger partial charge < -0.3 is 15.0 Å². The lowest BCUT2D eigenvalue weighted by Crippen LogP contribution is -2.51. The van der Waals surface area contributed by atoms with Crippen molar-refractivity contribution in [3.63, 3.8) is 0 Å². The Balaban J connectivity index is 1.75. The second-order valence-corrected chi connectivity index (χ2v) is 9.22. The zero-order valence-corrected chi connectivity index (χ0v) is 21.1. The molecule has 0 aliphatic heterocycles. The van der Waals surface area contributed by atoms with Crippen molar-refractivity contribution in [2.75, 3.05) is 6.61 Å². The van der Waals surface area contributed by atoms with Crippen LogP contribution in [0.2, 0.25) is 5.02 Å². The predicted molar refractivity (Wildman–Crippen MR) is 140 cm³/mol. The number of hydrogen-bond donors (Lipinski definition) is 1. The van der Waals surface area contributed by atoms with Crippen LogP contribution in [0.5, 0.6) is 5.75 Å². The number of amides is 2. The lowest BCUT2D eigenvalue weighted by atomic mass is 10.0. The monoisotopic (exact) mass is 492 g/mol. The molecule has 2 amide bonds. The Morgan fingerprint density at radius 2 is 1.49 bits per heavy atom. The molecule has 0 aliphatic rings. The third kappa shape index (κ3) is 8.76. The first-order valence-electron chi connectivity index (χ1n) is 12.0. The van der Waals surface area contributed by atoms with Gasteiger partial charge in [0.15, 0.2) is 0 Å². The van der Waals surface area contributed by atoms with Gasteiger partial charge in [0.05, 0.1) is 6.61 Å². The molecule has 3 rings (SSSR count). The molecule has 3 aromatic carbocycles. The van der Waals surface area contributed by atoms with Crippen molar-refractivity contribution in [1.82, 2.24) is 10.2 Å². The molecular weight excluding hydrogens is 460 g/mol. The maximum Gasteiger partial charge on any atom is 0.243 e. The largest absolute Gasteiger partial charge is 0.494 e. The van der Waals surface area contributed by atoms with Gasteiger partial charge in [0, 0.05) is 30.5 Å². The van der Waals surface area contributed by atoms with Crippen LogP contribution < -0.4 is 10.1 Å². The van der Waals surface area contributed by atoms with Gasteiger partial charge in [-0.15, -0.1) is 0 Å². The average molecular weight is 493 g/mol. The summed E-state index contributed by atoms with van der Waals surface area (Å²) < 4.78 is 5.76. The van der Waals surface area contributed by atoms with Crippen LogP contribution in [-0.2, 0) is 22.6 Å². The van der Waals surface area contributed by atoms with E-state index in [1.165, 1.54) is 0 Å². The number of halogens is 1. The zero-order valence-electron chi connectivity index (χ0n) is 20.3. The normalized spacial score (nSPS) is 11.7.